The van der Waals surface area contributed by atoms with Crippen LogP contribution < -0.4 is 9.80 Å². The van der Waals surface area contributed by atoms with E-state index in [0.29, 0.717) is 0 Å². The molecule has 0 bridgehead atoms. The molecule has 0 saturated carbocycles. The van der Waals surface area contributed by atoms with Crippen molar-refractivity contribution < 1.29 is 0 Å². The molecule has 21 heavy (non-hydrogen) atoms. The van der Waals surface area contributed by atoms with Crippen molar-refractivity contribution in [1.29, 1.82) is 0 Å². The van der Waals surface area contributed by atoms with Gasteiger partial charge >= 0.3 is 0 Å². The zero-order valence-corrected chi connectivity index (χ0v) is 13.6. The van der Waals surface area contributed by atoms with Crippen LogP contribution in [0.2, 0.25) is 5.02 Å². The molecule has 0 N–H and O–H groups in total. The van der Waals surface area contributed by atoms with E-state index in [4.69, 9.17) is 11.6 Å². The highest BCUT2D eigenvalue weighted by molar-refractivity contribution is 6.37. The van der Waals surface area contributed by atoms with E-state index in [1.165, 1.54) is 21.8 Å². The van der Waals surface area contributed by atoms with E-state index < -0.39 is 0 Å². The van der Waals surface area contributed by atoms with Gasteiger partial charge in [-0.15, -0.1) is 0 Å². The number of fused-ring (bicyclic) bond motifs is 3. The predicted octanol–water partition coefficient (Wildman–Crippen LogP) is 4.78. The van der Waals surface area contributed by atoms with Gasteiger partial charge in [-0.3, -0.25) is 0 Å². The molecular formula is C18H19ClN2. The Morgan fingerprint density at radius 3 is 1.86 bits per heavy atom. The maximum Gasteiger partial charge on any atom is 0.0491 e. The Morgan fingerprint density at radius 1 is 0.667 bits per heavy atom. The number of rotatable bonds is 2. The fraction of sp³-hybridized carbons (Fsp3) is 0.222. The molecule has 0 aromatic heterocycles. The number of hydrogen-bond acceptors (Lipinski definition) is 2. The Bertz CT molecular complexity index is 822. The van der Waals surface area contributed by atoms with Crippen LogP contribution in [-0.4, -0.2) is 28.2 Å². The fourth-order valence-corrected chi connectivity index (χ4v) is 2.92. The standard InChI is InChI=1S/C18H19ClN2/c1-20(2)13-5-7-15-12(9-13)10-18(19)17-11-14(21(3)4)6-8-16(15)17/h5-11H,1-4H3. The lowest BCUT2D eigenvalue weighted by Crippen LogP contribution is -2.08. The second-order valence-corrected chi connectivity index (χ2v) is 6.19. The minimum atomic E-state index is 0.803. The van der Waals surface area contributed by atoms with Gasteiger partial charge in [0.2, 0.25) is 0 Å². The average molecular weight is 299 g/mol. The number of anilines is 2. The Labute approximate surface area is 130 Å². The van der Waals surface area contributed by atoms with Crippen molar-refractivity contribution in [1.82, 2.24) is 0 Å². The molecule has 3 aromatic carbocycles. The molecule has 108 valence electrons. The van der Waals surface area contributed by atoms with Gasteiger partial charge in [-0.2, -0.15) is 0 Å². The molecule has 0 atom stereocenters. The first-order valence-corrected chi connectivity index (χ1v) is 7.36. The Morgan fingerprint density at radius 2 is 1.24 bits per heavy atom. The molecule has 0 heterocycles. The topological polar surface area (TPSA) is 6.48 Å². The second-order valence-electron chi connectivity index (χ2n) is 5.78. The molecular weight excluding hydrogens is 280 g/mol. The van der Waals surface area contributed by atoms with Gasteiger partial charge in [0.15, 0.2) is 0 Å². The van der Waals surface area contributed by atoms with Crippen LogP contribution in [0.15, 0.2) is 42.5 Å². The lowest BCUT2D eigenvalue weighted by molar-refractivity contribution is 1.13. The van der Waals surface area contributed by atoms with Crippen molar-refractivity contribution in [3.05, 3.63) is 47.5 Å². The fourth-order valence-electron chi connectivity index (χ4n) is 2.65. The molecule has 0 spiro atoms. The van der Waals surface area contributed by atoms with Crippen LogP contribution in [-0.2, 0) is 0 Å². The number of benzene rings is 3. The van der Waals surface area contributed by atoms with Crippen LogP contribution in [0, 0.1) is 0 Å². The SMILES string of the molecule is CN(C)c1ccc2c(c1)cc(Cl)c1cc(N(C)C)ccc12. The third-order valence-electron chi connectivity index (χ3n) is 3.90. The first-order valence-electron chi connectivity index (χ1n) is 6.98. The summed E-state index contributed by atoms with van der Waals surface area (Å²) in [5, 5.41) is 5.53. The van der Waals surface area contributed by atoms with Crippen LogP contribution in [0.1, 0.15) is 0 Å². The molecule has 0 aliphatic carbocycles. The van der Waals surface area contributed by atoms with E-state index in [1.807, 2.05) is 28.2 Å². The third kappa shape index (κ3) is 2.40. The van der Waals surface area contributed by atoms with E-state index in [9.17, 15) is 0 Å². The molecule has 0 aliphatic heterocycles. The van der Waals surface area contributed by atoms with Gasteiger partial charge in [0.25, 0.3) is 0 Å². The lowest BCUT2D eigenvalue weighted by Gasteiger charge is -2.16. The highest BCUT2D eigenvalue weighted by Crippen LogP contribution is 2.35. The average Bonchev–Trinajstić information content (AvgIpc) is 2.46. The van der Waals surface area contributed by atoms with Crippen LogP contribution in [0.25, 0.3) is 21.5 Å². The summed E-state index contributed by atoms with van der Waals surface area (Å²) in [5.41, 5.74) is 2.34. The largest absolute Gasteiger partial charge is 0.378 e. The Balaban J connectivity index is 2.33. The molecule has 0 aliphatic rings. The Kier molecular flexibility index (Phi) is 3.42. The predicted molar refractivity (Wildman–Crippen MR) is 95.1 cm³/mol. The van der Waals surface area contributed by atoms with Gasteiger partial charge in [-0.05, 0) is 46.5 Å². The molecule has 3 rings (SSSR count). The molecule has 0 fully saturated rings. The summed E-state index contributed by atoms with van der Waals surface area (Å²) >= 11 is 6.51. The van der Waals surface area contributed by atoms with E-state index >= 15 is 0 Å². The highest BCUT2D eigenvalue weighted by Gasteiger charge is 2.08. The van der Waals surface area contributed by atoms with Crippen molar-refractivity contribution in [3.8, 4) is 0 Å². The van der Waals surface area contributed by atoms with Crippen LogP contribution in [0.3, 0.4) is 0 Å². The number of hydrogen-bond donors (Lipinski definition) is 0. The van der Waals surface area contributed by atoms with Gasteiger partial charge in [0, 0.05) is 50.0 Å². The van der Waals surface area contributed by atoms with Crippen molar-refractivity contribution >= 4 is 44.5 Å². The maximum absolute atomic E-state index is 6.51. The summed E-state index contributed by atoms with van der Waals surface area (Å²) in [6.45, 7) is 0. The van der Waals surface area contributed by atoms with Crippen LogP contribution in [0.4, 0.5) is 11.4 Å². The van der Waals surface area contributed by atoms with Crippen molar-refractivity contribution in [3.63, 3.8) is 0 Å². The van der Waals surface area contributed by atoms with Crippen molar-refractivity contribution in [2.75, 3.05) is 38.0 Å². The van der Waals surface area contributed by atoms with Gasteiger partial charge in [-0.1, -0.05) is 23.7 Å². The zero-order valence-electron chi connectivity index (χ0n) is 12.8. The smallest absolute Gasteiger partial charge is 0.0491 e. The molecule has 3 aromatic rings. The molecule has 2 nitrogen and oxygen atoms in total. The molecule has 0 amide bonds. The Hall–Kier alpha value is -1.93. The first-order chi connectivity index (χ1) is 9.97. The number of halogens is 1. The van der Waals surface area contributed by atoms with E-state index in [0.717, 1.165) is 16.1 Å². The molecule has 0 radical (unpaired) electrons. The normalized spacial score (nSPS) is 11.1. The van der Waals surface area contributed by atoms with Gasteiger partial charge in [0.05, 0.1) is 0 Å². The zero-order chi connectivity index (χ0) is 15.1. The van der Waals surface area contributed by atoms with Gasteiger partial charge < -0.3 is 9.80 Å². The van der Waals surface area contributed by atoms with E-state index in [-0.39, 0.29) is 0 Å². The third-order valence-corrected chi connectivity index (χ3v) is 4.21. The van der Waals surface area contributed by atoms with Crippen LogP contribution in [0.5, 0.6) is 0 Å². The van der Waals surface area contributed by atoms with Crippen LogP contribution >= 0.6 is 11.6 Å². The summed E-state index contributed by atoms with van der Waals surface area (Å²) in [7, 11) is 8.18. The second kappa shape index (κ2) is 5.12. The van der Waals surface area contributed by atoms with Crippen molar-refractivity contribution in [2.45, 2.75) is 0 Å². The summed E-state index contributed by atoms with van der Waals surface area (Å²) in [6, 6.07) is 15.0. The summed E-state index contributed by atoms with van der Waals surface area (Å²) in [6.07, 6.45) is 0. The van der Waals surface area contributed by atoms with Crippen molar-refractivity contribution in [2.24, 2.45) is 0 Å². The minimum Gasteiger partial charge on any atom is -0.378 e. The monoisotopic (exact) mass is 298 g/mol. The molecule has 3 heteroatoms. The van der Waals surface area contributed by atoms with Gasteiger partial charge in [-0.25, -0.2) is 0 Å². The first kappa shape index (κ1) is 14.0. The maximum atomic E-state index is 6.51. The summed E-state index contributed by atoms with van der Waals surface area (Å²) in [4.78, 5) is 4.20. The highest BCUT2D eigenvalue weighted by atomic mass is 35.5. The molecule has 0 unspecified atom stereocenters. The van der Waals surface area contributed by atoms with Gasteiger partial charge in [0.1, 0.15) is 0 Å². The molecule has 0 saturated heterocycles. The minimum absolute atomic E-state index is 0.803. The van der Waals surface area contributed by atoms with E-state index in [2.05, 4.69) is 52.3 Å². The summed E-state index contributed by atoms with van der Waals surface area (Å²) in [5.74, 6) is 0. The quantitative estimate of drug-likeness (QED) is 0.628. The van der Waals surface area contributed by atoms with E-state index in [1.54, 1.807) is 0 Å². The number of nitrogens with zero attached hydrogens (tertiary/aromatic N) is 2. The summed E-state index contributed by atoms with van der Waals surface area (Å²) < 4.78 is 0. The lowest BCUT2D eigenvalue weighted by atomic mass is 10.0.